The van der Waals surface area contributed by atoms with Crippen molar-refractivity contribution in [2.75, 3.05) is 11.9 Å². The van der Waals surface area contributed by atoms with Crippen LogP contribution in [0.3, 0.4) is 0 Å². The Hall–Kier alpha value is -2.60. The predicted octanol–water partition coefficient (Wildman–Crippen LogP) is 2.66. The average Bonchev–Trinajstić information content (AvgIpc) is 3.11. The van der Waals surface area contributed by atoms with Gasteiger partial charge in [0.1, 0.15) is 5.82 Å². The van der Waals surface area contributed by atoms with Gasteiger partial charge in [-0.05, 0) is 26.3 Å². The predicted molar refractivity (Wildman–Crippen MR) is 98.6 cm³/mol. The van der Waals surface area contributed by atoms with Gasteiger partial charge < -0.3 is 10.4 Å². The number of nitrogens with one attached hydrogen (secondary N) is 1. The van der Waals surface area contributed by atoms with Crippen LogP contribution in [0, 0.1) is 20.8 Å². The molecule has 6 heteroatoms. The van der Waals surface area contributed by atoms with E-state index in [0.717, 1.165) is 29.3 Å². The summed E-state index contributed by atoms with van der Waals surface area (Å²) in [5.41, 5.74) is 5.72. The van der Waals surface area contributed by atoms with Crippen molar-refractivity contribution >= 4 is 5.82 Å². The molecule has 0 saturated heterocycles. The highest BCUT2D eigenvalue weighted by Crippen LogP contribution is 2.17. The Bertz CT molecular complexity index is 849. The molecule has 132 valence electrons. The van der Waals surface area contributed by atoms with Crippen LogP contribution in [-0.4, -0.2) is 31.3 Å². The van der Waals surface area contributed by atoms with E-state index < -0.39 is 0 Å². The second-order valence-electron chi connectivity index (χ2n) is 6.31. The Kier molecular flexibility index (Phi) is 5.19. The van der Waals surface area contributed by atoms with Gasteiger partial charge in [-0.15, -0.1) is 0 Å². The van der Waals surface area contributed by atoms with Crippen molar-refractivity contribution in [3.8, 4) is 0 Å². The van der Waals surface area contributed by atoms with Gasteiger partial charge in [-0.25, -0.2) is 4.68 Å². The van der Waals surface area contributed by atoms with Crippen LogP contribution in [0.4, 0.5) is 5.82 Å². The number of aliphatic hydroxyl groups is 1. The Morgan fingerprint density at radius 2 is 1.96 bits per heavy atom. The monoisotopic (exact) mass is 339 g/mol. The van der Waals surface area contributed by atoms with Crippen molar-refractivity contribution in [2.24, 2.45) is 0 Å². The summed E-state index contributed by atoms with van der Waals surface area (Å²) in [4.78, 5) is 0. The molecular weight excluding hydrogens is 314 g/mol. The third-order valence-electron chi connectivity index (χ3n) is 4.42. The fraction of sp³-hybridized carbons (Fsp3) is 0.368. The van der Waals surface area contributed by atoms with Crippen LogP contribution in [0.1, 0.15) is 28.1 Å². The maximum atomic E-state index is 9.13. The van der Waals surface area contributed by atoms with Crippen molar-refractivity contribution in [1.82, 2.24) is 19.6 Å². The van der Waals surface area contributed by atoms with Gasteiger partial charge in [-0.1, -0.05) is 29.8 Å². The quantitative estimate of drug-likeness (QED) is 0.694. The third kappa shape index (κ3) is 3.91. The van der Waals surface area contributed by atoms with Crippen LogP contribution >= 0.6 is 0 Å². The molecule has 1 aromatic carbocycles. The smallest absolute Gasteiger partial charge is 0.124 e. The number of anilines is 1. The molecule has 2 N–H and O–H groups in total. The van der Waals surface area contributed by atoms with E-state index in [4.69, 9.17) is 5.11 Å². The van der Waals surface area contributed by atoms with Crippen LogP contribution in [0.2, 0.25) is 0 Å². The molecule has 0 atom stereocenters. The van der Waals surface area contributed by atoms with Gasteiger partial charge in [-0.2, -0.15) is 10.2 Å². The molecule has 25 heavy (non-hydrogen) atoms. The van der Waals surface area contributed by atoms with E-state index in [2.05, 4.69) is 46.7 Å². The first-order chi connectivity index (χ1) is 12.1. The van der Waals surface area contributed by atoms with Crippen molar-refractivity contribution in [2.45, 2.75) is 40.4 Å². The summed E-state index contributed by atoms with van der Waals surface area (Å²) in [6.45, 7) is 8.18. The topological polar surface area (TPSA) is 67.9 Å². The molecular formula is C19H25N5O. The van der Waals surface area contributed by atoms with Crippen LogP contribution < -0.4 is 5.32 Å². The molecule has 0 bridgehead atoms. The Morgan fingerprint density at radius 1 is 1.12 bits per heavy atom. The molecule has 0 aliphatic heterocycles. The van der Waals surface area contributed by atoms with Gasteiger partial charge in [0.25, 0.3) is 0 Å². The zero-order valence-electron chi connectivity index (χ0n) is 15.0. The number of hydrogen-bond donors (Lipinski definition) is 2. The van der Waals surface area contributed by atoms with Crippen molar-refractivity contribution in [3.63, 3.8) is 0 Å². The molecule has 6 nitrogen and oxygen atoms in total. The summed E-state index contributed by atoms with van der Waals surface area (Å²) < 4.78 is 3.83. The summed E-state index contributed by atoms with van der Waals surface area (Å²) in [5, 5.41) is 21.5. The lowest BCUT2D eigenvalue weighted by molar-refractivity contribution is 0.268. The van der Waals surface area contributed by atoms with Gasteiger partial charge in [0.2, 0.25) is 0 Å². The zero-order valence-corrected chi connectivity index (χ0v) is 15.0. The van der Waals surface area contributed by atoms with Gasteiger partial charge in [0.15, 0.2) is 0 Å². The lowest BCUT2D eigenvalue weighted by Crippen LogP contribution is -2.10. The summed E-state index contributed by atoms with van der Waals surface area (Å²) in [6.07, 6.45) is 1.81. The fourth-order valence-electron chi connectivity index (χ4n) is 3.07. The summed E-state index contributed by atoms with van der Waals surface area (Å²) in [5.74, 6) is 0.982. The van der Waals surface area contributed by atoms with Crippen molar-refractivity contribution in [3.05, 3.63) is 64.6 Å². The minimum Gasteiger partial charge on any atom is -0.394 e. The SMILES string of the molecule is Cc1cccc(Cn2nccc2NCc2c(C)nn(CCO)c2C)c1. The fourth-order valence-corrected chi connectivity index (χ4v) is 3.07. The second kappa shape index (κ2) is 7.53. The maximum Gasteiger partial charge on any atom is 0.124 e. The molecule has 0 amide bonds. The number of nitrogens with zero attached hydrogens (tertiary/aromatic N) is 4. The summed E-state index contributed by atoms with van der Waals surface area (Å²) in [7, 11) is 0. The molecule has 2 heterocycles. The van der Waals surface area contributed by atoms with Gasteiger partial charge in [0, 0.05) is 23.9 Å². The van der Waals surface area contributed by atoms with E-state index in [-0.39, 0.29) is 6.61 Å². The van der Waals surface area contributed by atoms with E-state index in [1.807, 2.05) is 35.5 Å². The minimum absolute atomic E-state index is 0.0953. The molecule has 0 unspecified atom stereocenters. The second-order valence-corrected chi connectivity index (χ2v) is 6.31. The minimum atomic E-state index is 0.0953. The molecule has 2 aromatic heterocycles. The first-order valence-electron chi connectivity index (χ1n) is 8.53. The third-order valence-corrected chi connectivity index (χ3v) is 4.42. The standard InChI is InChI=1S/C19H25N5O/c1-14-5-4-6-17(11-14)13-24-19(7-8-21-24)20-12-18-15(2)22-23(9-10-25)16(18)3/h4-8,11,20,25H,9-10,12-13H2,1-3H3. The Labute approximate surface area is 148 Å². The van der Waals surface area contributed by atoms with Gasteiger partial charge in [-0.3, -0.25) is 4.68 Å². The number of aliphatic hydroxyl groups excluding tert-OH is 1. The average molecular weight is 339 g/mol. The first kappa shape index (κ1) is 17.2. The van der Waals surface area contributed by atoms with Crippen LogP contribution in [0.5, 0.6) is 0 Å². The van der Waals surface area contributed by atoms with E-state index in [9.17, 15) is 0 Å². The summed E-state index contributed by atoms with van der Waals surface area (Å²) in [6, 6.07) is 10.5. The summed E-state index contributed by atoms with van der Waals surface area (Å²) >= 11 is 0. The lowest BCUT2D eigenvalue weighted by atomic mass is 10.1. The van der Waals surface area contributed by atoms with Crippen molar-refractivity contribution < 1.29 is 5.11 Å². The van der Waals surface area contributed by atoms with E-state index in [0.29, 0.717) is 13.1 Å². The largest absolute Gasteiger partial charge is 0.394 e. The molecule has 0 saturated carbocycles. The van der Waals surface area contributed by atoms with Crippen LogP contribution in [0.25, 0.3) is 0 Å². The molecule has 0 aliphatic carbocycles. The molecule has 0 fully saturated rings. The van der Waals surface area contributed by atoms with Crippen molar-refractivity contribution in [1.29, 1.82) is 0 Å². The molecule has 3 aromatic rings. The molecule has 3 rings (SSSR count). The molecule has 0 aliphatic rings. The van der Waals surface area contributed by atoms with E-state index >= 15 is 0 Å². The number of aromatic nitrogens is 4. The van der Waals surface area contributed by atoms with Gasteiger partial charge in [0.05, 0.1) is 31.6 Å². The number of benzene rings is 1. The highest BCUT2D eigenvalue weighted by molar-refractivity contribution is 5.38. The lowest BCUT2D eigenvalue weighted by Gasteiger charge is -2.11. The first-order valence-corrected chi connectivity index (χ1v) is 8.53. The van der Waals surface area contributed by atoms with Crippen LogP contribution in [-0.2, 0) is 19.6 Å². The Balaban J connectivity index is 1.72. The van der Waals surface area contributed by atoms with E-state index in [1.165, 1.54) is 11.1 Å². The molecule has 0 spiro atoms. The molecule has 0 radical (unpaired) electrons. The number of hydrogen-bond acceptors (Lipinski definition) is 4. The zero-order chi connectivity index (χ0) is 17.8. The van der Waals surface area contributed by atoms with E-state index in [1.54, 1.807) is 0 Å². The number of rotatable bonds is 7. The highest BCUT2D eigenvalue weighted by atomic mass is 16.3. The highest BCUT2D eigenvalue weighted by Gasteiger charge is 2.12. The number of aryl methyl sites for hydroxylation is 2. The Morgan fingerprint density at radius 3 is 2.72 bits per heavy atom. The maximum absolute atomic E-state index is 9.13. The van der Waals surface area contributed by atoms with Gasteiger partial charge >= 0.3 is 0 Å². The van der Waals surface area contributed by atoms with Crippen LogP contribution in [0.15, 0.2) is 36.5 Å². The normalized spacial score (nSPS) is 11.0.